The summed E-state index contributed by atoms with van der Waals surface area (Å²) >= 11 is 1.68. The maximum absolute atomic E-state index is 12.3. The number of hydrogen-bond acceptors (Lipinski definition) is 5. The molecule has 2 aromatic heterocycles. The number of urea groups is 1. The summed E-state index contributed by atoms with van der Waals surface area (Å²) in [6, 6.07) is 8.25. The summed E-state index contributed by atoms with van der Waals surface area (Å²) in [4.78, 5) is 21.9. The Bertz CT molecular complexity index is 935. The van der Waals surface area contributed by atoms with Gasteiger partial charge in [0.05, 0.1) is 24.1 Å². The molecule has 3 aromatic rings. The molecule has 7 nitrogen and oxygen atoms in total. The van der Waals surface area contributed by atoms with Crippen LogP contribution in [0.1, 0.15) is 31.7 Å². The molecular weight excluding hydrogens is 384 g/mol. The summed E-state index contributed by atoms with van der Waals surface area (Å²) < 4.78 is 2.02. The lowest BCUT2D eigenvalue weighted by Crippen LogP contribution is -2.40. The SMILES string of the molecule is CSc1ccc(NC(=O)NC2CCC(n3cc(-c4cnccn4)cn3)CC2)cc1. The molecule has 1 aromatic carbocycles. The number of amides is 2. The number of carbonyl (C=O) groups is 1. The van der Waals surface area contributed by atoms with Crippen molar-refractivity contribution < 1.29 is 4.79 Å². The Morgan fingerprint density at radius 2 is 1.90 bits per heavy atom. The highest BCUT2D eigenvalue weighted by Crippen LogP contribution is 2.29. The van der Waals surface area contributed by atoms with E-state index in [9.17, 15) is 4.79 Å². The minimum atomic E-state index is -0.144. The molecular formula is C21H24N6OS. The zero-order chi connectivity index (χ0) is 20.1. The van der Waals surface area contributed by atoms with Gasteiger partial charge in [-0.3, -0.25) is 14.6 Å². The molecule has 4 rings (SSSR count). The average Bonchev–Trinajstić information content (AvgIpc) is 3.26. The fraction of sp³-hybridized carbons (Fsp3) is 0.333. The van der Waals surface area contributed by atoms with Gasteiger partial charge in [0.25, 0.3) is 0 Å². The molecule has 150 valence electrons. The Labute approximate surface area is 174 Å². The molecule has 2 N–H and O–H groups in total. The zero-order valence-corrected chi connectivity index (χ0v) is 17.1. The molecule has 29 heavy (non-hydrogen) atoms. The van der Waals surface area contributed by atoms with Gasteiger partial charge in [0.15, 0.2) is 0 Å². The van der Waals surface area contributed by atoms with Gasteiger partial charge in [0.1, 0.15) is 0 Å². The normalized spacial score (nSPS) is 18.9. The van der Waals surface area contributed by atoms with Gasteiger partial charge in [0, 0.05) is 40.8 Å². The Hall–Kier alpha value is -2.87. The van der Waals surface area contributed by atoms with Crippen molar-refractivity contribution in [3.8, 4) is 11.3 Å². The van der Waals surface area contributed by atoms with Crippen molar-refractivity contribution in [2.45, 2.75) is 42.7 Å². The molecule has 8 heteroatoms. The minimum absolute atomic E-state index is 0.144. The number of nitrogens with one attached hydrogen (secondary N) is 2. The predicted octanol–water partition coefficient (Wildman–Crippen LogP) is 4.37. The molecule has 0 radical (unpaired) electrons. The number of rotatable bonds is 5. The van der Waals surface area contributed by atoms with Crippen LogP contribution >= 0.6 is 11.8 Å². The molecule has 0 aliphatic heterocycles. The molecule has 1 saturated carbocycles. The van der Waals surface area contributed by atoms with Crippen LogP contribution in [-0.4, -0.2) is 38.1 Å². The lowest BCUT2D eigenvalue weighted by atomic mass is 9.91. The van der Waals surface area contributed by atoms with Crippen LogP contribution in [0.3, 0.4) is 0 Å². The molecule has 0 spiro atoms. The van der Waals surface area contributed by atoms with Crippen LogP contribution in [0.4, 0.5) is 10.5 Å². The highest BCUT2D eigenvalue weighted by atomic mass is 32.2. The van der Waals surface area contributed by atoms with Crippen molar-refractivity contribution in [1.29, 1.82) is 0 Å². The van der Waals surface area contributed by atoms with E-state index in [1.54, 1.807) is 30.4 Å². The lowest BCUT2D eigenvalue weighted by Gasteiger charge is -2.29. The standard InChI is InChI=1S/C21H24N6OS/c1-29-19-8-4-17(5-9-19)26-21(28)25-16-2-6-18(7-3-16)27-14-15(12-24-27)20-13-22-10-11-23-20/h4-5,8-14,16,18H,2-3,6-7H2,1H3,(H2,25,26,28). The molecule has 0 bridgehead atoms. The number of carbonyl (C=O) groups excluding carboxylic acids is 1. The molecule has 0 unspecified atom stereocenters. The monoisotopic (exact) mass is 408 g/mol. The second-order valence-electron chi connectivity index (χ2n) is 7.13. The molecule has 1 aliphatic carbocycles. The van der Waals surface area contributed by atoms with E-state index >= 15 is 0 Å². The first-order valence-corrected chi connectivity index (χ1v) is 11.0. The average molecular weight is 409 g/mol. The summed E-state index contributed by atoms with van der Waals surface area (Å²) in [6.45, 7) is 0. The highest BCUT2D eigenvalue weighted by Gasteiger charge is 2.24. The Morgan fingerprint density at radius 1 is 1.10 bits per heavy atom. The molecule has 1 fully saturated rings. The van der Waals surface area contributed by atoms with E-state index < -0.39 is 0 Å². The minimum Gasteiger partial charge on any atom is -0.335 e. The summed E-state index contributed by atoms with van der Waals surface area (Å²) in [5.41, 5.74) is 2.61. The van der Waals surface area contributed by atoms with Gasteiger partial charge >= 0.3 is 6.03 Å². The van der Waals surface area contributed by atoms with E-state index in [-0.39, 0.29) is 12.1 Å². The number of nitrogens with zero attached hydrogens (tertiary/aromatic N) is 4. The number of aromatic nitrogens is 4. The number of anilines is 1. The molecule has 2 heterocycles. The van der Waals surface area contributed by atoms with Crippen molar-refractivity contribution in [2.75, 3.05) is 11.6 Å². The van der Waals surface area contributed by atoms with E-state index in [1.165, 1.54) is 4.90 Å². The van der Waals surface area contributed by atoms with E-state index in [2.05, 4.69) is 25.7 Å². The summed E-state index contributed by atoms with van der Waals surface area (Å²) in [7, 11) is 0. The predicted molar refractivity (Wildman–Crippen MR) is 115 cm³/mol. The lowest BCUT2D eigenvalue weighted by molar-refractivity contribution is 0.236. The first kappa shape index (κ1) is 19.4. The van der Waals surface area contributed by atoms with Gasteiger partial charge in [-0.15, -0.1) is 11.8 Å². The number of hydrogen-bond donors (Lipinski definition) is 2. The van der Waals surface area contributed by atoms with Gasteiger partial charge in [-0.25, -0.2) is 4.79 Å². The maximum atomic E-state index is 12.3. The quantitative estimate of drug-likeness (QED) is 0.613. The van der Waals surface area contributed by atoms with E-state index in [0.29, 0.717) is 6.04 Å². The Balaban J connectivity index is 1.27. The fourth-order valence-corrected chi connectivity index (χ4v) is 4.04. The van der Waals surface area contributed by atoms with Crippen molar-refractivity contribution in [3.63, 3.8) is 0 Å². The molecule has 0 atom stereocenters. The Morgan fingerprint density at radius 3 is 2.59 bits per heavy atom. The van der Waals surface area contributed by atoms with Crippen LogP contribution < -0.4 is 10.6 Å². The van der Waals surface area contributed by atoms with Crippen LogP contribution in [-0.2, 0) is 0 Å². The van der Waals surface area contributed by atoms with Gasteiger partial charge in [-0.2, -0.15) is 5.10 Å². The first-order chi connectivity index (χ1) is 14.2. The van der Waals surface area contributed by atoms with Gasteiger partial charge in [0.2, 0.25) is 0 Å². The van der Waals surface area contributed by atoms with Crippen molar-refractivity contribution in [3.05, 3.63) is 55.2 Å². The first-order valence-electron chi connectivity index (χ1n) is 9.73. The second kappa shape index (κ2) is 9.09. The van der Waals surface area contributed by atoms with Crippen LogP contribution in [0.15, 0.2) is 60.1 Å². The highest BCUT2D eigenvalue weighted by molar-refractivity contribution is 7.98. The number of benzene rings is 1. The molecule has 0 saturated heterocycles. The van der Waals surface area contributed by atoms with E-state index in [4.69, 9.17) is 0 Å². The largest absolute Gasteiger partial charge is 0.335 e. The summed E-state index contributed by atoms with van der Waals surface area (Å²) in [5, 5.41) is 10.5. The van der Waals surface area contributed by atoms with Gasteiger partial charge < -0.3 is 10.6 Å². The van der Waals surface area contributed by atoms with Gasteiger partial charge in [-0.05, 0) is 56.2 Å². The third-order valence-electron chi connectivity index (χ3n) is 5.21. The topological polar surface area (TPSA) is 84.7 Å². The van der Waals surface area contributed by atoms with Gasteiger partial charge in [-0.1, -0.05) is 0 Å². The molecule has 2 amide bonds. The van der Waals surface area contributed by atoms with Crippen molar-refractivity contribution >= 4 is 23.5 Å². The van der Waals surface area contributed by atoms with Crippen LogP contribution in [0, 0.1) is 0 Å². The maximum Gasteiger partial charge on any atom is 0.319 e. The smallest absolute Gasteiger partial charge is 0.319 e. The van der Waals surface area contributed by atoms with Crippen LogP contribution in [0.25, 0.3) is 11.3 Å². The third-order valence-corrected chi connectivity index (χ3v) is 5.96. The fourth-order valence-electron chi connectivity index (χ4n) is 3.63. The summed E-state index contributed by atoms with van der Waals surface area (Å²) in [6.07, 6.45) is 14.8. The third kappa shape index (κ3) is 4.95. The number of thioether (sulfide) groups is 1. The van der Waals surface area contributed by atoms with Crippen molar-refractivity contribution in [1.82, 2.24) is 25.1 Å². The van der Waals surface area contributed by atoms with Crippen LogP contribution in [0.2, 0.25) is 0 Å². The zero-order valence-electron chi connectivity index (χ0n) is 16.3. The van der Waals surface area contributed by atoms with E-state index in [0.717, 1.165) is 42.6 Å². The van der Waals surface area contributed by atoms with Crippen LogP contribution in [0.5, 0.6) is 0 Å². The Kier molecular flexibility index (Phi) is 6.09. The summed E-state index contributed by atoms with van der Waals surface area (Å²) in [5.74, 6) is 0. The second-order valence-corrected chi connectivity index (χ2v) is 8.01. The van der Waals surface area contributed by atoms with E-state index in [1.807, 2.05) is 47.6 Å². The molecule has 1 aliphatic rings. The van der Waals surface area contributed by atoms with Crippen molar-refractivity contribution in [2.24, 2.45) is 0 Å².